The topological polar surface area (TPSA) is 37.0 Å². The monoisotopic (exact) mass is 317 g/mol. The van der Waals surface area contributed by atoms with E-state index in [1.165, 1.54) is 21.7 Å². The van der Waals surface area contributed by atoms with E-state index in [-0.39, 0.29) is 4.99 Å². The van der Waals surface area contributed by atoms with Gasteiger partial charge in [0.25, 0.3) is 0 Å². The van der Waals surface area contributed by atoms with Crippen LogP contribution in [0.4, 0.5) is 5.69 Å². The molecule has 0 aliphatic carbocycles. The molecular formula is C16H19N3S2. The first-order valence-electron chi connectivity index (χ1n) is 6.89. The van der Waals surface area contributed by atoms with E-state index in [0.717, 1.165) is 11.4 Å². The van der Waals surface area contributed by atoms with E-state index in [4.69, 9.17) is 0 Å². The highest BCUT2D eigenvalue weighted by Crippen LogP contribution is 2.38. The molecule has 2 heterocycles. The van der Waals surface area contributed by atoms with Crippen molar-refractivity contribution in [3.63, 3.8) is 0 Å². The second kappa shape index (κ2) is 5.39. The predicted octanol–water partition coefficient (Wildman–Crippen LogP) is 4.49. The van der Waals surface area contributed by atoms with Gasteiger partial charge in [-0.1, -0.05) is 23.9 Å². The molecule has 1 unspecified atom stereocenters. The maximum Gasteiger partial charge on any atom is 0.158 e. The first-order valence-corrected chi connectivity index (χ1v) is 8.65. The number of thioether (sulfide) groups is 1. The average molecular weight is 317 g/mol. The zero-order valence-electron chi connectivity index (χ0n) is 12.7. The third-order valence-corrected chi connectivity index (χ3v) is 5.53. The smallest absolute Gasteiger partial charge is 0.158 e. The van der Waals surface area contributed by atoms with Gasteiger partial charge in [-0.25, -0.2) is 4.98 Å². The summed E-state index contributed by atoms with van der Waals surface area (Å²) in [7, 11) is 0. The Morgan fingerprint density at radius 2 is 2.05 bits per heavy atom. The van der Waals surface area contributed by atoms with Gasteiger partial charge >= 0.3 is 0 Å². The van der Waals surface area contributed by atoms with E-state index < -0.39 is 0 Å². The Labute approximate surface area is 133 Å². The fourth-order valence-electron chi connectivity index (χ4n) is 2.35. The van der Waals surface area contributed by atoms with Crippen LogP contribution in [-0.2, 0) is 0 Å². The van der Waals surface area contributed by atoms with Crippen molar-refractivity contribution in [1.29, 1.82) is 0 Å². The number of anilines is 1. The summed E-state index contributed by atoms with van der Waals surface area (Å²) in [5.74, 6) is 0. The number of thiazole rings is 1. The van der Waals surface area contributed by atoms with E-state index in [2.05, 4.69) is 60.0 Å². The van der Waals surface area contributed by atoms with Crippen molar-refractivity contribution in [2.75, 3.05) is 5.32 Å². The summed E-state index contributed by atoms with van der Waals surface area (Å²) < 4.78 is 0. The summed E-state index contributed by atoms with van der Waals surface area (Å²) in [5.41, 5.74) is 7.82. The molecule has 0 spiro atoms. The Hall–Kier alpha value is -1.46. The van der Waals surface area contributed by atoms with Gasteiger partial charge in [0.1, 0.15) is 0 Å². The molecule has 1 aliphatic heterocycles. The Bertz CT molecular complexity index is 705. The molecule has 1 aliphatic rings. The quantitative estimate of drug-likeness (QED) is 0.874. The van der Waals surface area contributed by atoms with Gasteiger partial charge in [-0.3, -0.25) is 0 Å². The molecule has 1 atom stereocenters. The summed E-state index contributed by atoms with van der Waals surface area (Å²) >= 11 is 3.44. The lowest BCUT2D eigenvalue weighted by Crippen LogP contribution is -2.42. The van der Waals surface area contributed by atoms with Gasteiger partial charge in [0.05, 0.1) is 21.8 Å². The molecule has 2 aromatic rings. The molecule has 0 fully saturated rings. The molecule has 21 heavy (non-hydrogen) atoms. The Kier molecular flexibility index (Phi) is 3.71. The zero-order valence-corrected chi connectivity index (χ0v) is 14.3. The van der Waals surface area contributed by atoms with Crippen molar-refractivity contribution in [2.45, 2.75) is 32.7 Å². The molecule has 1 aromatic heterocycles. The Balaban J connectivity index is 1.79. The van der Waals surface area contributed by atoms with E-state index in [9.17, 15) is 0 Å². The van der Waals surface area contributed by atoms with Crippen LogP contribution in [-0.4, -0.2) is 9.98 Å². The van der Waals surface area contributed by atoms with Crippen LogP contribution in [0.2, 0.25) is 0 Å². The number of nitrogens with one attached hydrogen (secondary N) is 2. The number of aromatic nitrogens is 1. The van der Waals surface area contributed by atoms with Gasteiger partial charge < -0.3 is 10.6 Å². The van der Waals surface area contributed by atoms with Crippen molar-refractivity contribution in [2.24, 2.45) is 0 Å². The van der Waals surface area contributed by atoms with Crippen LogP contribution in [0, 0.1) is 20.8 Å². The second-order valence-corrected chi connectivity index (χ2v) is 7.66. The van der Waals surface area contributed by atoms with Crippen LogP contribution in [0.1, 0.15) is 28.6 Å². The van der Waals surface area contributed by atoms with Gasteiger partial charge in [-0.2, -0.15) is 0 Å². The highest BCUT2D eigenvalue weighted by molar-refractivity contribution is 8.04. The summed E-state index contributed by atoms with van der Waals surface area (Å²) in [6, 6.07) is 6.49. The maximum atomic E-state index is 4.33. The molecule has 0 saturated heterocycles. The average Bonchev–Trinajstić information content (AvgIpc) is 3.00. The third kappa shape index (κ3) is 2.94. The maximum absolute atomic E-state index is 4.33. The number of benzene rings is 1. The van der Waals surface area contributed by atoms with Gasteiger partial charge in [-0.05, 0) is 50.3 Å². The van der Waals surface area contributed by atoms with Crippen LogP contribution in [0.3, 0.4) is 0 Å². The Morgan fingerprint density at radius 1 is 1.24 bits per heavy atom. The van der Waals surface area contributed by atoms with Crippen molar-refractivity contribution >= 4 is 34.5 Å². The molecule has 110 valence electrons. The minimum Gasteiger partial charge on any atom is -0.354 e. The standard InChI is InChI=1S/C16H19N3S2/c1-10-5-6-11(2)13(7-10)18-16(4)19-14(8-21-16)15-12(3)17-9-20-15/h5-9,18-19H,1-4H3. The van der Waals surface area contributed by atoms with Gasteiger partial charge in [0.2, 0.25) is 0 Å². The van der Waals surface area contributed by atoms with Gasteiger partial charge in [0, 0.05) is 5.69 Å². The van der Waals surface area contributed by atoms with Crippen molar-refractivity contribution in [1.82, 2.24) is 10.3 Å². The lowest BCUT2D eigenvalue weighted by molar-refractivity contribution is 0.681. The minimum atomic E-state index is -0.232. The predicted molar refractivity (Wildman–Crippen MR) is 93.5 cm³/mol. The largest absolute Gasteiger partial charge is 0.354 e. The van der Waals surface area contributed by atoms with E-state index >= 15 is 0 Å². The highest BCUT2D eigenvalue weighted by Gasteiger charge is 2.31. The minimum absolute atomic E-state index is 0.232. The lowest BCUT2D eigenvalue weighted by atomic mass is 10.1. The number of hydrogen-bond acceptors (Lipinski definition) is 5. The summed E-state index contributed by atoms with van der Waals surface area (Å²) in [4.78, 5) is 5.31. The molecular weight excluding hydrogens is 298 g/mol. The zero-order chi connectivity index (χ0) is 15.0. The number of nitrogens with zero attached hydrogens (tertiary/aromatic N) is 1. The third-order valence-electron chi connectivity index (χ3n) is 3.54. The van der Waals surface area contributed by atoms with Crippen LogP contribution >= 0.6 is 23.1 Å². The lowest BCUT2D eigenvalue weighted by Gasteiger charge is -2.29. The fourth-order valence-corrected chi connectivity index (χ4v) is 4.07. The SMILES string of the molecule is Cc1ccc(C)c(NC2(C)NC(c3scnc3C)=CS2)c1. The summed E-state index contributed by atoms with van der Waals surface area (Å²) in [6.07, 6.45) is 0. The number of hydrogen-bond donors (Lipinski definition) is 2. The van der Waals surface area contributed by atoms with Crippen molar-refractivity contribution in [3.8, 4) is 0 Å². The second-order valence-electron chi connectivity index (χ2n) is 5.52. The molecule has 5 heteroatoms. The molecule has 0 bridgehead atoms. The van der Waals surface area contributed by atoms with E-state index in [1.54, 1.807) is 23.1 Å². The fraction of sp³-hybridized carbons (Fsp3) is 0.312. The molecule has 0 amide bonds. The van der Waals surface area contributed by atoms with E-state index in [1.807, 2.05) is 12.4 Å². The highest BCUT2D eigenvalue weighted by atomic mass is 32.2. The molecule has 0 radical (unpaired) electrons. The molecule has 2 N–H and O–H groups in total. The Morgan fingerprint density at radius 3 is 2.76 bits per heavy atom. The number of aryl methyl sites for hydroxylation is 3. The molecule has 3 nitrogen and oxygen atoms in total. The molecule has 3 rings (SSSR count). The van der Waals surface area contributed by atoms with Crippen molar-refractivity contribution < 1.29 is 0 Å². The van der Waals surface area contributed by atoms with Gasteiger partial charge in [-0.15, -0.1) is 11.3 Å². The normalized spacial score (nSPS) is 21.0. The first-order chi connectivity index (χ1) is 9.97. The van der Waals surface area contributed by atoms with Crippen LogP contribution in [0.15, 0.2) is 29.1 Å². The van der Waals surface area contributed by atoms with Gasteiger partial charge in [0.15, 0.2) is 4.99 Å². The van der Waals surface area contributed by atoms with Crippen LogP contribution in [0.5, 0.6) is 0 Å². The summed E-state index contributed by atoms with van der Waals surface area (Å²) in [6.45, 7) is 8.46. The van der Waals surface area contributed by atoms with Crippen molar-refractivity contribution in [3.05, 3.63) is 50.8 Å². The summed E-state index contributed by atoms with van der Waals surface area (Å²) in [5, 5.41) is 9.39. The molecule has 0 saturated carbocycles. The van der Waals surface area contributed by atoms with E-state index in [0.29, 0.717) is 0 Å². The van der Waals surface area contributed by atoms with Crippen LogP contribution < -0.4 is 10.6 Å². The number of rotatable bonds is 3. The first kappa shape index (κ1) is 14.5. The van der Waals surface area contributed by atoms with Crippen LogP contribution in [0.25, 0.3) is 5.70 Å². The molecule has 1 aromatic carbocycles.